The van der Waals surface area contributed by atoms with Gasteiger partial charge in [0.25, 0.3) is 0 Å². The van der Waals surface area contributed by atoms with Crippen LogP contribution in [0.3, 0.4) is 0 Å². The first-order valence-corrected chi connectivity index (χ1v) is 6.63. The Bertz CT molecular complexity index is 572. The predicted molar refractivity (Wildman–Crippen MR) is 79.3 cm³/mol. The van der Waals surface area contributed by atoms with Crippen molar-refractivity contribution in [2.75, 3.05) is 11.9 Å². The van der Waals surface area contributed by atoms with E-state index in [4.69, 9.17) is 4.74 Å². The van der Waals surface area contributed by atoms with Gasteiger partial charge >= 0.3 is 6.09 Å². The monoisotopic (exact) mass is 295 g/mol. The lowest BCUT2D eigenvalue weighted by Gasteiger charge is -2.19. The molecule has 0 bridgehead atoms. The zero-order valence-corrected chi connectivity index (χ0v) is 12.7. The van der Waals surface area contributed by atoms with Gasteiger partial charge in [0.15, 0.2) is 0 Å². The molecule has 0 radical (unpaired) electrons. The molecule has 0 aliphatic heterocycles. The van der Waals surface area contributed by atoms with Crippen molar-refractivity contribution in [1.29, 1.82) is 0 Å². The van der Waals surface area contributed by atoms with E-state index in [1.54, 1.807) is 33.8 Å². The Labute approximate surface area is 123 Å². The average Bonchev–Trinajstić information content (AvgIpc) is 2.24. The Kier molecular flexibility index (Phi) is 5.52. The molecule has 3 N–H and O–H groups in total. The van der Waals surface area contributed by atoms with Gasteiger partial charge in [-0.1, -0.05) is 0 Å². The van der Waals surface area contributed by atoms with Crippen LogP contribution in [0.2, 0.25) is 0 Å². The molecule has 1 aromatic rings. The van der Waals surface area contributed by atoms with Crippen LogP contribution < -0.4 is 16.2 Å². The number of anilines is 1. The zero-order valence-electron chi connectivity index (χ0n) is 12.7. The quantitative estimate of drug-likeness (QED) is 0.784. The van der Waals surface area contributed by atoms with Crippen molar-refractivity contribution in [1.82, 2.24) is 10.3 Å². The first kappa shape index (κ1) is 16.7. The van der Waals surface area contributed by atoms with Crippen molar-refractivity contribution in [2.24, 2.45) is 0 Å². The standard InChI is InChI=1S/C14H21N3O4/c1-9-7-10(17-12(19)8-9)16-11(18)5-6-15-13(20)21-14(2,3)4/h7-8H,5-6H2,1-4H3,(H,15,20)(H2,16,17,18,19). The molecule has 0 saturated heterocycles. The van der Waals surface area contributed by atoms with E-state index in [1.165, 1.54) is 6.07 Å². The first-order chi connectivity index (χ1) is 9.65. The minimum atomic E-state index is -0.576. The van der Waals surface area contributed by atoms with Crippen LogP contribution in [-0.4, -0.2) is 29.1 Å². The largest absolute Gasteiger partial charge is 0.444 e. The summed E-state index contributed by atoms with van der Waals surface area (Å²) in [5.41, 5.74) is -0.106. The summed E-state index contributed by atoms with van der Waals surface area (Å²) in [6.07, 6.45) is -0.492. The number of hydrogen-bond donors (Lipinski definition) is 3. The third kappa shape index (κ3) is 7.14. The van der Waals surface area contributed by atoms with Gasteiger partial charge in [-0.25, -0.2) is 4.79 Å². The molecular formula is C14H21N3O4. The number of aromatic amines is 1. The van der Waals surface area contributed by atoms with Gasteiger partial charge in [0.1, 0.15) is 11.4 Å². The second-order valence-electron chi connectivity index (χ2n) is 5.66. The molecule has 1 rings (SSSR count). The lowest BCUT2D eigenvalue weighted by molar-refractivity contribution is -0.116. The summed E-state index contributed by atoms with van der Waals surface area (Å²) < 4.78 is 5.04. The molecule has 116 valence electrons. The second kappa shape index (κ2) is 6.92. The highest BCUT2D eigenvalue weighted by Crippen LogP contribution is 2.06. The molecule has 1 aromatic heterocycles. The molecule has 2 amide bonds. The maximum absolute atomic E-state index is 11.7. The number of nitrogens with one attached hydrogen (secondary N) is 3. The number of aryl methyl sites for hydroxylation is 1. The fourth-order valence-electron chi connectivity index (χ4n) is 1.55. The van der Waals surface area contributed by atoms with Gasteiger partial charge in [-0.2, -0.15) is 0 Å². The number of amides is 2. The highest BCUT2D eigenvalue weighted by Gasteiger charge is 2.15. The molecule has 0 unspecified atom stereocenters. The second-order valence-corrected chi connectivity index (χ2v) is 5.66. The van der Waals surface area contributed by atoms with Crippen LogP contribution in [0.25, 0.3) is 0 Å². The van der Waals surface area contributed by atoms with Crippen molar-refractivity contribution in [2.45, 2.75) is 39.7 Å². The molecule has 21 heavy (non-hydrogen) atoms. The maximum Gasteiger partial charge on any atom is 0.407 e. The van der Waals surface area contributed by atoms with Crippen molar-refractivity contribution >= 4 is 17.8 Å². The molecule has 0 fully saturated rings. The summed E-state index contributed by atoms with van der Waals surface area (Å²) >= 11 is 0. The van der Waals surface area contributed by atoms with Crippen LogP contribution >= 0.6 is 0 Å². The summed E-state index contributed by atoms with van der Waals surface area (Å²) in [4.78, 5) is 36.8. The molecular weight excluding hydrogens is 274 g/mol. The number of ether oxygens (including phenoxy) is 1. The topological polar surface area (TPSA) is 100 Å². The number of carbonyl (C=O) groups excluding carboxylic acids is 2. The van der Waals surface area contributed by atoms with E-state index in [0.717, 1.165) is 5.56 Å². The van der Waals surface area contributed by atoms with E-state index in [1.807, 2.05) is 0 Å². The molecule has 0 atom stereocenters. The Morgan fingerprint density at radius 1 is 1.29 bits per heavy atom. The van der Waals surface area contributed by atoms with Gasteiger partial charge < -0.3 is 20.4 Å². The number of rotatable bonds is 4. The fraction of sp³-hybridized carbons (Fsp3) is 0.500. The molecule has 7 heteroatoms. The van der Waals surface area contributed by atoms with Gasteiger partial charge in [-0.3, -0.25) is 9.59 Å². The minimum absolute atomic E-state index is 0.0786. The maximum atomic E-state index is 11.7. The first-order valence-electron chi connectivity index (χ1n) is 6.63. The van der Waals surface area contributed by atoms with Crippen LogP contribution in [0, 0.1) is 6.92 Å². The van der Waals surface area contributed by atoms with Gasteiger partial charge in [0.2, 0.25) is 11.5 Å². The van der Waals surface area contributed by atoms with E-state index in [-0.39, 0.29) is 24.4 Å². The van der Waals surface area contributed by atoms with Crippen molar-refractivity contribution in [3.8, 4) is 0 Å². The summed E-state index contributed by atoms with van der Waals surface area (Å²) in [6, 6.07) is 3.08. The highest BCUT2D eigenvalue weighted by molar-refractivity contribution is 5.90. The number of pyridine rings is 1. The molecule has 0 aromatic carbocycles. The van der Waals surface area contributed by atoms with E-state index in [2.05, 4.69) is 15.6 Å². The minimum Gasteiger partial charge on any atom is -0.444 e. The van der Waals surface area contributed by atoms with Gasteiger partial charge in [-0.15, -0.1) is 0 Å². The smallest absolute Gasteiger partial charge is 0.407 e. The van der Waals surface area contributed by atoms with Crippen molar-refractivity contribution in [3.63, 3.8) is 0 Å². The molecule has 0 aliphatic carbocycles. The number of H-pyrrole nitrogens is 1. The SMILES string of the molecule is Cc1cc(NC(=O)CCNC(=O)OC(C)(C)C)[nH]c(=O)c1. The van der Waals surface area contributed by atoms with Crippen LogP contribution in [-0.2, 0) is 9.53 Å². The fourth-order valence-corrected chi connectivity index (χ4v) is 1.55. The Morgan fingerprint density at radius 3 is 2.52 bits per heavy atom. The molecule has 7 nitrogen and oxygen atoms in total. The van der Waals surface area contributed by atoms with E-state index < -0.39 is 11.7 Å². The van der Waals surface area contributed by atoms with Gasteiger partial charge in [0, 0.05) is 19.0 Å². The molecule has 0 spiro atoms. The molecule has 1 heterocycles. The average molecular weight is 295 g/mol. The van der Waals surface area contributed by atoms with Crippen LogP contribution in [0.15, 0.2) is 16.9 Å². The van der Waals surface area contributed by atoms with Crippen LogP contribution in [0.1, 0.15) is 32.8 Å². The van der Waals surface area contributed by atoms with Crippen molar-refractivity contribution < 1.29 is 14.3 Å². The number of alkyl carbamates (subject to hydrolysis) is 1. The van der Waals surface area contributed by atoms with Gasteiger partial charge in [0.05, 0.1) is 0 Å². The van der Waals surface area contributed by atoms with E-state index in [0.29, 0.717) is 5.82 Å². The Morgan fingerprint density at radius 2 is 1.95 bits per heavy atom. The summed E-state index contributed by atoms with van der Waals surface area (Å²) in [5.74, 6) is 0.0228. The number of carbonyl (C=O) groups is 2. The molecule has 0 aliphatic rings. The third-order valence-electron chi connectivity index (χ3n) is 2.28. The van der Waals surface area contributed by atoms with Crippen LogP contribution in [0.4, 0.5) is 10.6 Å². The number of aromatic nitrogens is 1. The Hall–Kier alpha value is -2.31. The Balaban J connectivity index is 2.38. The summed E-state index contributed by atoms with van der Waals surface area (Å²) in [7, 11) is 0. The van der Waals surface area contributed by atoms with Gasteiger partial charge in [-0.05, 0) is 39.3 Å². The molecule has 0 saturated carbocycles. The zero-order chi connectivity index (χ0) is 16.0. The lowest BCUT2D eigenvalue weighted by Crippen LogP contribution is -2.34. The summed E-state index contributed by atoms with van der Waals surface area (Å²) in [6.45, 7) is 7.18. The van der Waals surface area contributed by atoms with E-state index >= 15 is 0 Å². The number of hydrogen-bond acceptors (Lipinski definition) is 4. The third-order valence-corrected chi connectivity index (χ3v) is 2.28. The predicted octanol–water partition coefficient (Wildman–Crippen LogP) is 1.54. The van der Waals surface area contributed by atoms with Crippen molar-refractivity contribution in [3.05, 3.63) is 28.0 Å². The van der Waals surface area contributed by atoms with E-state index in [9.17, 15) is 14.4 Å². The highest BCUT2D eigenvalue weighted by atomic mass is 16.6. The van der Waals surface area contributed by atoms with Crippen LogP contribution in [0.5, 0.6) is 0 Å². The lowest BCUT2D eigenvalue weighted by atomic mass is 10.2. The summed E-state index contributed by atoms with van der Waals surface area (Å²) in [5, 5.41) is 5.04. The normalized spacial score (nSPS) is 10.9.